The van der Waals surface area contributed by atoms with Crippen molar-refractivity contribution in [3.05, 3.63) is 10.4 Å². The van der Waals surface area contributed by atoms with E-state index in [1.165, 1.54) is 13.8 Å². The maximum absolute atomic E-state index is 10.9. The molecule has 0 aromatic carbocycles. The van der Waals surface area contributed by atoms with Crippen molar-refractivity contribution in [2.45, 2.75) is 32.7 Å². The van der Waals surface area contributed by atoms with Crippen molar-refractivity contribution in [3.63, 3.8) is 0 Å². The Morgan fingerprint density at radius 1 is 1.73 bits per heavy atom. The van der Waals surface area contributed by atoms with Gasteiger partial charge >= 0.3 is 0 Å². The first-order valence-corrected chi connectivity index (χ1v) is 3.30. The zero-order chi connectivity index (χ0) is 9.07. The Morgan fingerprint density at radius 3 is 2.27 bits per heavy atom. The van der Waals surface area contributed by atoms with E-state index in [0.29, 0.717) is 0 Å². The summed E-state index contributed by atoms with van der Waals surface area (Å²) in [5, 5.41) is 22.7. The molecular weight excluding hydrogens is 148 g/mol. The molecule has 0 aliphatic rings. The molecule has 64 valence electrons. The van der Waals surface area contributed by atoms with Gasteiger partial charge in [0.05, 0.1) is 0 Å². The van der Waals surface area contributed by atoms with Crippen molar-refractivity contribution in [1.29, 1.82) is 0 Å². The van der Waals surface area contributed by atoms with Crippen molar-refractivity contribution in [2.75, 3.05) is 0 Å². The first-order valence-electron chi connectivity index (χ1n) is 3.30. The summed E-state index contributed by atoms with van der Waals surface area (Å²) in [7, 11) is 0. The number of hydrogen-bond acceptors (Lipinski definition) is 4. The van der Waals surface area contributed by atoms with E-state index in [9.17, 15) is 15.2 Å². The van der Waals surface area contributed by atoms with E-state index >= 15 is 0 Å². The number of ketones is 1. The highest BCUT2D eigenvalue weighted by molar-refractivity contribution is 5.83. The maximum atomic E-state index is 10.9. The summed E-state index contributed by atoms with van der Waals surface area (Å²) >= 11 is 0. The first-order chi connectivity index (χ1) is 4.99. The third kappa shape index (κ3) is 1.66. The van der Waals surface area contributed by atoms with Gasteiger partial charge in [-0.15, -0.1) is 0 Å². The third-order valence-electron chi connectivity index (χ3n) is 1.94. The van der Waals surface area contributed by atoms with E-state index in [1.54, 1.807) is 6.92 Å². The van der Waals surface area contributed by atoms with Gasteiger partial charge in [-0.1, -0.05) is 11.8 Å². The molecule has 0 aromatic rings. The molecule has 0 heterocycles. The smallest absolute Gasteiger partial charge is 0.252 e. The average molecular weight is 159 g/mol. The van der Waals surface area contributed by atoms with Crippen molar-refractivity contribution in [2.24, 2.45) is 5.28 Å². The zero-order valence-electron chi connectivity index (χ0n) is 6.83. The molecule has 0 aliphatic heterocycles. The molecule has 1 unspecified atom stereocenters. The van der Waals surface area contributed by atoms with Crippen LogP contribution in [0.5, 0.6) is 0 Å². The molecule has 0 saturated carbocycles. The molecule has 0 rings (SSSR count). The quantitative estimate of drug-likeness (QED) is 0.352. The lowest BCUT2D eigenvalue weighted by molar-refractivity contribution is -0.588. The minimum absolute atomic E-state index is 0.0880. The van der Waals surface area contributed by atoms with Crippen LogP contribution < -0.4 is 0 Å². The number of rotatable bonds is 3. The van der Waals surface area contributed by atoms with Gasteiger partial charge in [-0.25, -0.2) is 0 Å². The molecule has 0 radical (unpaired) electrons. The lowest BCUT2D eigenvalue weighted by Gasteiger charge is -2.21. The van der Waals surface area contributed by atoms with E-state index in [-0.39, 0.29) is 17.1 Å². The minimum Gasteiger partial charge on any atom is -0.739 e. The Hall–Kier alpha value is -1.13. The maximum Gasteiger partial charge on any atom is 0.252 e. The van der Waals surface area contributed by atoms with Crippen LogP contribution in [0.4, 0.5) is 0 Å². The zero-order valence-corrected chi connectivity index (χ0v) is 6.83. The molecule has 0 amide bonds. The van der Waals surface area contributed by atoms with Gasteiger partial charge in [-0.2, -0.15) is 0 Å². The standard InChI is InChI=1S/C6H12N2O3/c1-4-6(3,5(2)9)8(11)7-10/h10H,4H2,1-3H3/p-1/b8-7-. The van der Waals surface area contributed by atoms with Crippen LogP contribution in [0.2, 0.25) is 0 Å². The molecule has 5 heteroatoms. The van der Waals surface area contributed by atoms with Gasteiger partial charge in [0.25, 0.3) is 5.54 Å². The summed E-state index contributed by atoms with van der Waals surface area (Å²) < 4.78 is 0. The SMILES string of the molecule is CCC(C)(C(C)=O)/[N+]([O-])=N/[O-]. The second kappa shape index (κ2) is 3.32. The molecule has 0 aromatic heterocycles. The molecule has 0 spiro atoms. The van der Waals surface area contributed by atoms with E-state index in [1.807, 2.05) is 0 Å². The number of hydrogen-bond donors (Lipinski definition) is 0. The average Bonchev–Trinajstić information content (AvgIpc) is 2.01. The number of nitrogens with zero attached hydrogens (tertiary/aromatic N) is 2. The van der Waals surface area contributed by atoms with Gasteiger partial charge in [0.15, 0.2) is 0 Å². The molecule has 1 atom stereocenters. The number of hydroxylamine groups is 1. The Kier molecular flexibility index (Phi) is 2.98. The summed E-state index contributed by atoms with van der Waals surface area (Å²) in [6.07, 6.45) is 0.275. The van der Waals surface area contributed by atoms with Crippen LogP contribution in [0.1, 0.15) is 27.2 Å². The van der Waals surface area contributed by atoms with Gasteiger partial charge in [-0.3, -0.25) is 4.79 Å². The second-order valence-electron chi connectivity index (χ2n) is 2.54. The summed E-state index contributed by atoms with van der Waals surface area (Å²) in [5.74, 6) is -0.352. The second-order valence-corrected chi connectivity index (χ2v) is 2.54. The van der Waals surface area contributed by atoms with Crippen LogP contribution in [0.15, 0.2) is 5.28 Å². The van der Waals surface area contributed by atoms with Crippen LogP contribution in [-0.2, 0) is 4.79 Å². The third-order valence-corrected chi connectivity index (χ3v) is 1.94. The number of carbonyl (C=O) groups is 1. The Bertz CT molecular complexity index is 190. The summed E-state index contributed by atoms with van der Waals surface area (Å²) in [6.45, 7) is 4.31. The predicted molar refractivity (Wildman–Crippen MR) is 38.8 cm³/mol. The normalized spacial score (nSPS) is 17.5. The number of carbonyl (C=O) groups excluding carboxylic acids is 1. The highest BCUT2D eigenvalue weighted by Crippen LogP contribution is 2.15. The van der Waals surface area contributed by atoms with Gasteiger partial charge in [0, 0.05) is 20.3 Å². The van der Waals surface area contributed by atoms with Crippen molar-refractivity contribution < 1.29 is 9.66 Å². The summed E-state index contributed by atoms with van der Waals surface area (Å²) in [5.41, 5.74) is -1.29. The first kappa shape index (κ1) is 9.87. The van der Waals surface area contributed by atoms with Gasteiger partial charge in [0.2, 0.25) is 5.78 Å². The van der Waals surface area contributed by atoms with Gasteiger partial charge < -0.3 is 10.4 Å². The van der Waals surface area contributed by atoms with Crippen LogP contribution in [-0.4, -0.2) is 16.2 Å². The fourth-order valence-corrected chi connectivity index (χ4v) is 0.609. The fourth-order valence-electron chi connectivity index (χ4n) is 0.609. The summed E-state index contributed by atoms with van der Waals surface area (Å²) in [4.78, 5) is 10.8. The minimum atomic E-state index is -1.29. The Balaban J connectivity index is 4.75. The molecule has 0 N–H and O–H groups in total. The largest absolute Gasteiger partial charge is 0.739 e. The van der Waals surface area contributed by atoms with Gasteiger partial charge in [0.1, 0.15) is 0 Å². The lowest BCUT2D eigenvalue weighted by Crippen LogP contribution is -2.41. The highest BCUT2D eigenvalue weighted by atomic mass is 16.6. The molecule has 0 aliphatic carbocycles. The van der Waals surface area contributed by atoms with Crippen molar-refractivity contribution in [3.8, 4) is 0 Å². The van der Waals surface area contributed by atoms with Crippen LogP contribution >= 0.6 is 0 Å². The summed E-state index contributed by atoms with van der Waals surface area (Å²) in [6, 6.07) is 0. The molecule has 5 nitrogen and oxygen atoms in total. The van der Waals surface area contributed by atoms with Crippen molar-refractivity contribution >= 4 is 5.78 Å². The lowest BCUT2D eigenvalue weighted by atomic mass is 9.95. The molecule has 0 saturated heterocycles. The van der Waals surface area contributed by atoms with Crippen LogP contribution in [0, 0.1) is 10.4 Å². The van der Waals surface area contributed by atoms with E-state index in [2.05, 4.69) is 5.28 Å². The predicted octanol–water partition coefficient (Wildman–Crippen LogP) is 1.20. The molecular formula is C6H11N2O3-. The van der Waals surface area contributed by atoms with E-state index < -0.39 is 5.54 Å². The fraction of sp³-hybridized carbons (Fsp3) is 0.833. The van der Waals surface area contributed by atoms with Crippen LogP contribution in [0.3, 0.4) is 0 Å². The number of Topliss-reactive ketones (excluding diaryl/α,β-unsaturated/α-hetero) is 1. The Labute approximate surface area is 64.9 Å². The van der Waals surface area contributed by atoms with E-state index in [4.69, 9.17) is 0 Å². The molecule has 11 heavy (non-hydrogen) atoms. The van der Waals surface area contributed by atoms with Crippen LogP contribution in [0.25, 0.3) is 0 Å². The van der Waals surface area contributed by atoms with Gasteiger partial charge in [-0.05, 0) is 5.28 Å². The Morgan fingerprint density at radius 2 is 2.18 bits per heavy atom. The molecule has 0 bridgehead atoms. The topological polar surface area (TPSA) is 78.6 Å². The molecule has 0 fully saturated rings. The van der Waals surface area contributed by atoms with E-state index in [0.717, 1.165) is 0 Å². The van der Waals surface area contributed by atoms with Crippen molar-refractivity contribution in [1.82, 2.24) is 0 Å². The monoisotopic (exact) mass is 159 g/mol. The highest BCUT2D eigenvalue weighted by Gasteiger charge is 2.37.